The third-order valence-electron chi connectivity index (χ3n) is 5.76. The number of allylic oxidation sites excluding steroid dienone is 1. The van der Waals surface area contributed by atoms with E-state index in [1.807, 2.05) is 61.7 Å². The van der Waals surface area contributed by atoms with Crippen LogP contribution >= 0.6 is 11.8 Å². The van der Waals surface area contributed by atoms with Gasteiger partial charge in [-0.15, -0.1) is 11.8 Å². The van der Waals surface area contributed by atoms with Crippen molar-refractivity contribution in [1.29, 1.82) is 0 Å². The van der Waals surface area contributed by atoms with E-state index in [1.165, 1.54) is 0 Å². The molecule has 0 radical (unpaired) electrons. The highest BCUT2D eigenvalue weighted by molar-refractivity contribution is 7.98. The zero-order valence-electron chi connectivity index (χ0n) is 19.7. The summed E-state index contributed by atoms with van der Waals surface area (Å²) in [6.45, 7) is 2.98. The van der Waals surface area contributed by atoms with Gasteiger partial charge in [-0.25, -0.2) is 4.79 Å². The molecule has 8 nitrogen and oxygen atoms in total. The van der Waals surface area contributed by atoms with Gasteiger partial charge in [0.15, 0.2) is 0 Å². The molecule has 1 aliphatic rings. The van der Waals surface area contributed by atoms with Crippen LogP contribution in [-0.2, 0) is 4.74 Å². The Bertz CT molecular complexity index is 1180. The third-order valence-corrected chi connectivity index (χ3v) is 6.50. The van der Waals surface area contributed by atoms with Crippen molar-refractivity contribution in [3.63, 3.8) is 0 Å². The quantitative estimate of drug-likeness (QED) is 0.340. The van der Waals surface area contributed by atoms with Gasteiger partial charge in [-0.1, -0.05) is 17.3 Å². The minimum atomic E-state index is -0.464. The molecule has 1 aliphatic heterocycles. The molecule has 9 heteroatoms. The van der Waals surface area contributed by atoms with Crippen molar-refractivity contribution in [2.24, 2.45) is 0 Å². The summed E-state index contributed by atoms with van der Waals surface area (Å²) in [5.74, 6) is 1.56. The molecule has 0 saturated carbocycles. The van der Waals surface area contributed by atoms with Gasteiger partial charge < -0.3 is 19.3 Å². The summed E-state index contributed by atoms with van der Waals surface area (Å²) in [5.41, 5.74) is 3.24. The number of benzene rings is 2. The standard InChI is InChI=1S/C25H28N4O4S/c1-16-21(24-27-23(28-33-24)17-9-11-20(34-4)12-10-17)22(18-7-5-8-19(15-18)32-3)26-25(30)29(16)13-6-14-31-2/h5,7-12,15,22H,6,13-14H2,1-4H3,(H,26,30). The minimum Gasteiger partial charge on any atom is -0.497 e. The lowest BCUT2D eigenvalue weighted by Crippen LogP contribution is -2.46. The molecule has 2 heterocycles. The maximum absolute atomic E-state index is 13.0. The second-order valence-electron chi connectivity index (χ2n) is 7.81. The Hall–Kier alpha value is -3.30. The van der Waals surface area contributed by atoms with Gasteiger partial charge in [-0.05, 0) is 61.6 Å². The van der Waals surface area contributed by atoms with E-state index in [-0.39, 0.29) is 6.03 Å². The van der Waals surface area contributed by atoms with E-state index in [9.17, 15) is 4.79 Å². The Labute approximate surface area is 203 Å². The number of rotatable bonds is 9. The fourth-order valence-corrected chi connectivity index (χ4v) is 4.36. The zero-order valence-corrected chi connectivity index (χ0v) is 20.5. The van der Waals surface area contributed by atoms with E-state index in [2.05, 4.69) is 10.5 Å². The van der Waals surface area contributed by atoms with Crippen molar-refractivity contribution in [2.75, 3.05) is 33.6 Å². The van der Waals surface area contributed by atoms with E-state index in [0.717, 1.165) is 27.3 Å². The summed E-state index contributed by atoms with van der Waals surface area (Å²) >= 11 is 1.67. The van der Waals surface area contributed by atoms with E-state index in [0.29, 0.717) is 37.0 Å². The van der Waals surface area contributed by atoms with Gasteiger partial charge in [0.05, 0.1) is 18.7 Å². The molecule has 2 aromatic carbocycles. The van der Waals surface area contributed by atoms with Gasteiger partial charge in [0.1, 0.15) is 5.75 Å². The smallest absolute Gasteiger partial charge is 0.322 e. The highest BCUT2D eigenvalue weighted by Crippen LogP contribution is 2.38. The molecule has 178 valence electrons. The van der Waals surface area contributed by atoms with Gasteiger partial charge in [-0.3, -0.25) is 4.90 Å². The maximum Gasteiger partial charge on any atom is 0.322 e. The van der Waals surface area contributed by atoms with Crippen LogP contribution in [0, 0.1) is 0 Å². The summed E-state index contributed by atoms with van der Waals surface area (Å²) in [6, 6.07) is 15.0. The minimum absolute atomic E-state index is 0.183. The summed E-state index contributed by atoms with van der Waals surface area (Å²) < 4.78 is 16.3. The van der Waals surface area contributed by atoms with Crippen molar-refractivity contribution in [1.82, 2.24) is 20.4 Å². The molecule has 0 aliphatic carbocycles. The fourth-order valence-electron chi connectivity index (χ4n) is 3.96. The number of ether oxygens (including phenoxy) is 2. The van der Waals surface area contributed by atoms with Crippen LogP contribution in [0.1, 0.15) is 30.8 Å². The number of aromatic nitrogens is 2. The first kappa shape index (κ1) is 23.8. The average molecular weight is 481 g/mol. The largest absolute Gasteiger partial charge is 0.497 e. The monoisotopic (exact) mass is 480 g/mol. The first-order chi connectivity index (χ1) is 16.5. The Morgan fingerprint density at radius 3 is 2.68 bits per heavy atom. The molecular weight excluding hydrogens is 452 g/mol. The van der Waals surface area contributed by atoms with Crippen LogP contribution in [0.25, 0.3) is 17.0 Å². The normalized spacial score (nSPS) is 16.1. The highest BCUT2D eigenvalue weighted by atomic mass is 32.2. The predicted molar refractivity (Wildman–Crippen MR) is 132 cm³/mol. The van der Waals surface area contributed by atoms with E-state index < -0.39 is 6.04 Å². The number of hydrogen-bond donors (Lipinski definition) is 1. The Morgan fingerprint density at radius 2 is 1.97 bits per heavy atom. The molecule has 0 spiro atoms. The Morgan fingerprint density at radius 1 is 1.18 bits per heavy atom. The number of nitrogens with zero attached hydrogens (tertiary/aromatic N) is 3. The number of amides is 2. The fraction of sp³-hybridized carbons (Fsp3) is 0.320. The van der Waals surface area contributed by atoms with Gasteiger partial charge in [0.25, 0.3) is 5.89 Å². The molecule has 1 aromatic heterocycles. The van der Waals surface area contributed by atoms with Gasteiger partial charge >= 0.3 is 6.03 Å². The van der Waals surface area contributed by atoms with Gasteiger partial charge in [-0.2, -0.15) is 4.98 Å². The molecule has 0 fully saturated rings. The van der Waals surface area contributed by atoms with Crippen LogP contribution in [0.15, 0.2) is 63.6 Å². The zero-order chi connectivity index (χ0) is 24.1. The molecule has 1 unspecified atom stereocenters. The highest BCUT2D eigenvalue weighted by Gasteiger charge is 2.35. The van der Waals surface area contributed by atoms with E-state index in [4.69, 9.17) is 19.0 Å². The molecule has 2 amide bonds. The number of carbonyl (C=O) groups excluding carboxylic acids is 1. The average Bonchev–Trinajstić information content (AvgIpc) is 3.35. The number of thioether (sulfide) groups is 1. The topological polar surface area (TPSA) is 89.7 Å². The van der Waals surface area contributed by atoms with Crippen molar-refractivity contribution in [3.05, 3.63) is 65.7 Å². The molecule has 1 atom stereocenters. The molecular formula is C25H28N4O4S. The van der Waals surface area contributed by atoms with Crippen molar-refractivity contribution in [2.45, 2.75) is 24.3 Å². The van der Waals surface area contributed by atoms with Crippen LogP contribution in [-0.4, -0.2) is 54.7 Å². The van der Waals surface area contributed by atoms with Gasteiger partial charge in [0, 0.05) is 36.4 Å². The van der Waals surface area contributed by atoms with Crippen LogP contribution in [0.2, 0.25) is 0 Å². The Balaban J connectivity index is 1.76. The van der Waals surface area contributed by atoms with Crippen LogP contribution < -0.4 is 10.1 Å². The van der Waals surface area contributed by atoms with E-state index in [1.54, 1.807) is 30.9 Å². The lowest BCUT2D eigenvalue weighted by molar-refractivity contribution is 0.174. The maximum atomic E-state index is 13.0. The van der Waals surface area contributed by atoms with Crippen LogP contribution in [0.4, 0.5) is 4.79 Å². The molecule has 1 N–H and O–H groups in total. The van der Waals surface area contributed by atoms with Crippen molar-refractivity contribution < 1.29 is 18.8 Å². The third kappa shape index (κ3) is 4.95. The second kappa shape index (κ2) is 10.8. The number of hydrogen-bond acceptors (Lipinski definition) is 7. The Kier molecular flexibility index (Phi) is 7.54. The summed E-state index contributed by atoms with van der Waals surface area (Å²) in [6.07, 6.45) is 2.74. The SMILES string of the molecule is COCCCN1C(=O)NC(c2cccc(OC)c2)C(c2nc(-c3ccc(SC)cc3)no2)=C1C. The predicted octanol–water partition coefficient (Wildman–Crippen LogP) is 5.00. The van der Waals surface area contributed by atoms with Gasteiger partial charge in [0.2, 0.25) is 5.82 Å². The summed E-state index contributed by atoms with van der Waals surface area (Å²) in [5, 5.41) is 7.34. The molecule has 3 aromatic rings. The number of urea groups is 1. The molecule has 4 rings (SSSR count). The summed E-state index contributed by atoms with van der Waals surface area (Å²) in [7, 11) is 3.26. The molecule has 34 heavy (non-hydrogen) atoms. The number of nitrogens with one attached hydrogen (secondary N) is 1. The first-order valence-electron chi connectivity index (χ1n) is 11.0. The van der Waals surface area contributed by atoms with Crippen LogP contribution in [0.5, 0.6) is 5.75 Å². The van der Waals surface area contributed by atoms with Crippen molar-refractivity contribution in [3.8, 4) is 17.1 Å². The number of carbonyl (C=O) groups is 1. The van der Waals surface area contributed by atoms with Crippen molar-refractivity contribution >= 4 is 23.4 Å². The van der Waals surface area contributed by atoms with E-state index >= 15 is 0 Å². The summed E-state index contributed by atoms with van der Waals surface area (Å²) in [4.78, 5) is 20.6. The molecule has 0 saturated heterocycles. The second-order valence-corrected chi connectivity index (χ2v) is 8.69. The number of methoxy groups -OCH3 is 2. The lowest BCUT2D eigenvalue weighted by atomic mass is 9.94. The lowest BCUT2D eigenvalue weighted by Gasteiger charge is -2.35. The van der Waals surface area contributed by atoms with Crippen LogP contribution in [0.3, 0.4) is 0 Å². The molecule has 0 bridgehead atoms. The first-order valence-corrected chi connectivity index (χ1v) is 12.2.